The van der Waals surface area contributed by atoms with Crippen molar-refractivity contribution in [3.05, 3.63) is 72.6 Å². The smallest absolute Gasteiger partial charge is 0.152 e. The van der Waals surface area contributed by atoms with E-state index in [9.17, 15) is 0 Å². The highest BCUT2D eigenvalue weighted by molar-refractivity contribution is 7.14. The molecule has 5 nitrogen and oxygen atoms in total. The summed E-state index contributed by atoms with van der Waals surface area (Å²) in [6.45, 7) is 1.33. The Labute approximate surface area is 161 Å². The monoisotopic (exact) mass is 376 g/mol. The number of fused-ring (bicyclic) bond motifs is 1. The van der Waals surface area contributed by atoms with E-state index in [1.54, 1.807) is 0 Å². The highest BCUT2D eigenvalue weighted by atomic mass is 32.1. The molecule has 0 atom stereocenters. The second-order valence-corrected chi connectivity index (χ2v) is 6.92. The van der Waals surface area contributed by atoms with Crippen molar-refractivity contribution in [2.45, 2.75) is 6.54 Å². The van der Waals surface area contributed by atoms with Gasteiger partial charge in [-0.3, -0.25) is 4.98 Å². The van der Waals surface area contributed by atoms with Gasteiger partial charge in [0.1, 0.15) is 0 Å². The van der Waals surface area contributed by atoms with Gasteiger partial charge < -0.3 is 15.7 Å². The van der Waals surface area contributed by atoms with E-state index in [2.05, 4.69) is 62.5 Å². The van der Waals surface area contributed by atoms with Gasteiger partial charge >= 0.3 is 0 Å². The third kappa shape index (κ3) is 3.98. The van der Waals surface area contributed by atoms with Crippen molar-refractivity contribution in [3.63, 3.8) is 0 Å². The molecule has 0 aliphatic carbocycles. The van der Waals surface area contributed by atoms with Gasteiger partial charge in [0.2, 0.25) is 0 Å². The van der Waals surface area contributed by atoms with Crippen LogP contribution in [0, 0.1) is 0 Å². The first-order chi connectivity index (χ1) is 13.3. The predicted octanol–water partition coefficient (Wildman–Crippen LogP) is 4.18. The lowest BCUT2D eigenvalue weighted by atomic mass is 10.0. The van der Waals surface area contributed by atoms with Gasteiger partial charge in [0.15, 0.2) is 5.82 Å². The Morgan fingerprint density at radius 2 is 1.85 bits per heavy atom. The molecule has 0 radical (unpaired) electrons. The van der Waals surface area contributed by atoms with Crippen molar-refractivity contribution >= 4 is 33.1 Å². The largest absolute Gasteiger partial charge is 0.395 e. The molecule has 0 unspecified atom stereocenters. The molecular weight excluding hydrogens is 356 g/mol. The second kappa shape index (κ2) is 8.26. The molecule has 27 heavy (non-hydrogen) atoms. The lowest BCUT2D eigenvalue weighted by Crippen LogP contribution is -2.18. The number of aliphatic hydroxyl groups is 1. The first kappa shape index (κ1) is 17.6. The summed E-state index contributed by atoms with van der Waals surface area (Å²) in [6, 6.07) is 20.6. The number of pyridine rings is 1. The fraction of sp³-hybridized carbons (Fsp3) is 0.143. The molecular formula is C21H20N4OS. The summed E-state index contributed by atoms with van der Waals surface area (Å²) in [6.07, 6.45) is 1.81. The average molecular weight is 376 g/mol. The van der Waals surface area contributed by atoms with Gasteiger partial charge in [-0.15, -0.1) is 0 Å². The Balaban J connectivity index is 1.56. The topological polar surface area (TPSA) is 70.1 Å². The molecule has 0 aliphatic heterocycles. The van der Waals surface area contributed by atoms with Gasteiger partial charge in [-0.2, -0.15) is 4.37 Å². The maximum Gasteiger partial charge on any atom is 0.152 e. The molecule has 2 heterocycles. The molecule has 0 fully saturated rings. The Morgan fingerprint density at radius 3 is 2.63 bits per heavy atom. The summed E-state index contributed by atoms with van der Waals surface area (Å²) in [4.78, 5) is 4.45. The van der Waals surface area contributed by atoms with Crippen molar-refractivity contribution in [3.8, 4) is 11.1 Å². The van der Waals surface area contributed by atoms with Gasteiger partial charge in [0.05, 0.1) is 28.9 Å². The fourth-order valence-corrected chi connectivity index (χ4v) is 3.81. The summed E-state index contributed by atoms with van der Waals surface area (Å²) < 4.78 is 5.79. The molecule has 2 aromatic carbocycles. The van der Waals surface area contributed by atoms with Gasteiger partial charge in [0, 0.05) is 24.0 Å². The Kier molecular flexibility index (Phi) is 5.39. The standard InChI is InChI=1S/C21H20N4OS/c26-12-11-22-13-16-9-10-17(14-23-16)24-21-19-8-4-7-18(20(19)27-25-21)15-5-2-1-3-6-15/h1-10,14,22,26H,11-13H2,(H,24,25). The van der Waals surface area contributed by atoms with Crippen molar-refractivity contribution in [1.82, 2.24) is 14.7 Å². The van der Waals surface area contributed by atoms with E-state index in [4.69, 9.17) is 5.11 Å². The minimum absolute atomic E-state index is 0.126. The minimum atomic E-state index is 0.126. The molecule has 136 valence electrons. The second-order valence-electron chi connectivity index (χ2n) is 6.14. The van der Waals surface area contributed by atoms with E-state index in [1.807, 2.05) is 24.4 Å². The van der Waals surface area contributed by atoms with Gasteiger partial charge in [-0.05, 0) is 35.3 Å². The first-order valence-corrected chi connectivity index (χ1v) is 9.60. The maximum atomic E-state index is 8.81. The SMILES string of the molecule is OCCNCc1ccc(Nc2nsc3c(-c4ccccc4)cccc23)cn1. The van der Waals surface area contributed by atoms with E-state index in [-0.39, 0.29) is 6.61 Å². The molecule has 0 spiro atoms. The number of aromatic nitrogens is 2. The van der Waals surface area contributed by atoms with Gasteiger partial charge in [-0.1, -0.05) is 42.5 Å². The zero-order chi connectivity index (χ0) is 18.5. The third-order valence-electron chi connectivity index (χ3n) is 4.27. The number of hydrogen-bond donors (Lipinski definition) is 3. The van der Waals surface area contributed by atoms with Crippen LogP contribution >= 0.6 is 11.5 Å². The van der Waals surface area contributed by atoms with Crippen LogP contribution in [0.1, 0.15) is 5.69 Å². The van der Waals surface area contributed by atoms with E-state index in [1.165, 1.54) is 27.4 Å². The van der Waals surface area contributed by atoms with Crippen LogP contribution in [0.25, 0.3) is 21.2 Å². The van der Waals surface area contributed by atoms with Gasteiger partial charge in [-0.25, -0.2) is 0 Å². The van der Waals surface area contributed by atoms with Crippen molar-refractivity contribution in [2.24, 2.45) is 0 Å². The van der Waals surface area contributed by atoms with E-state index >= 15 is 0 Å². The number of benzene rings is 2. The van der Waals surface area contributed by atoms with Crippen LogP contribution in [0.15, 0.2) is 66.9 Å². The van der Waals surface area contributed by atoms with Crippen LogP contribution in [0.2, 0.25) is 0 Å². The number of nitrogens with zero attached hydrogens (tertiary/aromatic N) is 2. The average Bonchev–Trinajstić information content (AvgIpc) is 3.13. The summed E-state index contributed by atoms with van der Waals surface area (Å²) in [7, 11) is 0. The lowest BCUT2D eigenvalue weighted by Gasteiger charge is -2.07. The molecule has 0 aliphatic rings. The van der Waals surface area contributed by atoms with E-state index in [0.29, 0.717) is 13.1 Å². The number of aliphatic hydroxyl groups excluding tert-OH is 1. The van der Waals surface area contributed by atoms with Crippen LogP contribution in [-0.4, -0.2) is 27.6 Å². The minimum Gasteiger partial charge on any atom is -0.395 e. The van der Waals surface area contributed by atoms with E-state index < -0.39 is 0 Å². The maximum absolute atomic E-state index is 8.81. The molecule has 3 N–H and O–H groups in total. The van der Waals surface area contributed by atoms with Crippen molar-refractivity contribution in [1.29, 1.82) is 0 Å². The molecule has 6 heteroatoms. The molecule has 0 amide bonds. The summed E-state index contributed by atoms with van der Waals surface area (Å²) in [5, 5.41) is 16.4. The van der Waals surface area contributed by atoms with Crippen LogP contribution < -0.4 is 10.6 Å². The highest BCUT2D eigenvalue weighted by Crippen LogP contribution is 2.36. The number of rotatable bonds is 7. The Morgan fingerprint density at radius 1 is 0.963 bits per heavy atom. The first-order valence-electron chi connectivity index (χ1n) is 8.82. The zero-order valence-electron chi connectivity index (χ0n) is 14.7. The van der Waals surface area contributed by atoms with Crippen LogP contribution in [0.5, 0.6) is 0 Å². The predicted molar refractivity (Wildman–Crippen MR) is 111 cm³/mol. The van der Waals surface area contributed by atoms with Crippen molar-refractivity contribution in [2.75, 3.05) is 18.5 Å². The fourth-order valence-electron chi connectivity index (χ4n) is 2.93. The summed E-state index contributed by atoms with van der Waals surface area (Å²) >= 11 is 1.50. The van der Waals surface area contributed by atoms with Crippen LogP contribution in [-0.2, 0) is 6.54 Å². The molecule has 2 aromatic heterocycles. The third-order valence-corrected chi connectivity index (χ3v) is 5.16. The van der Waals surface area contributed by atoms with E-state index in [0.717, 1.165) is 22.6 Å². The molecule has 4 aromatic rings. The summed E-state index contributed by atoms with van der Waals surface area (Å²) in [5.41, 5.74) is 4.23. The Bertz CT molecular complexity index is 1020. The highest BCUT2D eigenvalue weighted by Gasteiger charge is 2.11. The molecule has 4 rings (SSSR count). The number of nitrogens with one attached hydrogen (secondary N) is 2. The number of anilines is 2. The molecule has 0 saturated carbocycles. The van der Waals surface area contributed by atoms with Crippen molar-refractivity contribution < 1.29 is 5.11 Å². The van der Waals surface area contributed by atoms with Gasteiger partial charge in [0.25, 0.3) is 0 Å². The Hall–Kier alpha value is -2.80. The number of hydrogen-bond acceptors (Lipinski definition) is 6. The summed E-state index contributed by atoms with van der Waals surface area (Å²) in [5.74, 6) is 0.848. The van der Waals surface area contributed by atoms with Crippen LogP contribution in [0.4, 0.5) is 11.5 Å². The van der Waals surface area contributed by atoms with Crippen LogP contribution in [0.3, 0.4) is 0 Å². The lowest BCUT2D eigenvalue weighted by molar-refractivity contribution is 0.291. The quantitative estimate of drug-likeness (QED) is 0.422. The normalized spacial score (nSPS) is 11.0. The molecule has 0 bridgehead atoms. The molecule has 0 saturated heterocycles. The zero-order valence-corrected chi connectivity index (χ0v) is 15.5.